The molecule has 2 aromatic rings. The Morgan fingerprint density at radius 1 is 0.875 bits per heavy atom. The predicted octanol–water partition coefficient (Wildman–Crippen LogP) is 5.30. The van der Waals surface area contributed by atoms with Crippen molar-refractivity contribution in [2.24, 2.45) is 5.92 Å². The first-order chi connectivity index (χ1) is 11.4. The van der Waals surface area contributed by atoms with Crippen LogP contribution in [0.5, 0.6) is 0 Å². The van der Waals surface area contributed by atoms with Gasteiger partial charge in [0.25, 0.3) is 0 Å². The fourth-order valence-electron chi connectivity index (χ4n) is 3.38. The van der Waals surface area contributed by atoms with Gasteiger partial charge in [0.05, 0.1) is 5.56 Å². The molecular weight excluding hydrogens is 313 g/mol. The first-order valence-corrected chi connectivity index (χ1v) is 8.04. The van der Waals surface area contributed by atoms with E-state index >= 15 is 0 Å². The molecule has 0 aliphatic heterocycles. The van der Waals surface area contributed by atoms with E-state index in [2.05, 4.69) is 0 Å². The number of hydrogen-bond donors (Lipinski definition) is 1. The summed E-state index contributed by atoms with van der Waals surface area (Å²) in [6.07, 6.45) is 2.07. The van der Waals surface area contributed by atoms with Crippen LogP contribution in [0.2, 0.25) is 0 Å². The van der Waals surface area contributed by atoms with Gasteiger partial charge in [-0.15, -0.1) is 0 Å². The maximum atomic E-state index is 13.1. The Kier molecular flexibility index (Phi) is 4.50. The van der Waals surface area contributed by atoms with Gasteiger partial charge in [-0.2, -0.15) is 13.2 Å². The van der Waals surface area contributed by atoms with E-state index in [1.54, 1.807) is 30.3 Å². The van der Waals surface area contributed by atoms with E-state index in [1.807, 2.05) is 18.2 Å². The lowest BCUT2D eigenvalue weighted by atomic mass is 9.72. The standard InChI is InChI=1S/C20H19F3O/c21-20(22,23)18-13-7-12-17(14-18)19(24,15-8-3-1-4-9-15)16-10-5-2-6-11-16/h1,3-5,7-10,12-14,16,24H,2,6,11H2. The zero-order valence-electron chi connectivity index (χ0n) is 13.1. The molecule has 0 aromatic heterocycles. The number of alkyl halides is 3. The van der Waals surface area contributed by atoms with E-state index in [9.17, 15) is 18.3 Å². The highest BCUT2D eigenvalue weighted by molar-refractivity contribution is 5.41. The van der Waals surface area contributed by atoms with Crippen molar-refractivity contribution in [3.8, 4) is 0 Å². The highest BCUT2D eigenvalue weighted by Gasteiger charge is 2.40. The highest BCUT2D eigenvalue weighted by atomic mass is 19.4. The van der Waals surface area contributed by atoms with Crippen molar-refractivity contribution >= 4 is 0 Å². The normalized spacial score (nSPS) is 20.6. The van der Waals surface area contributed by atoms with Gasteiger partial charge in [-0.05, 0) is 42.5 Å². The second-order valence-corrected chi connectivity index (χ2v) is 6.18. The minimum Gasteiger partial charge on any atom is -0.380 e. The molecule has 2 aromatic carbocycles. The van der Waals surface area contributed by atoms with E-state index in [0.29, 0.717) is 5.56 Å². The molecule has 0 fully saturated rings. The van der Waals surface area contributed by atoms with Crippen molar-refractivity contribution in [3.63, 3.8) is 0 Å². The van der Waals surface area contributed by atoms with E-state index in [0.717, 1.165) is 31.4 Å². The van der Waals surface area contributed by atoms with Crippen LogP contribution in [0, 0.1) is 5.92 Å². The smallest absolute Gasteiger partial charge is 0.380 e. The number of allylic oxidation sites excluding steroid dienone is 1. The summed E-state index contributed by atoms with van der Waals surface area (Å²) in [7, 11) is 0. The minimum atomic E-state index is -4.43. The number of halogens is 3. The first-order valence-electron chi connectivity index (χ1n) is 8.04. The van der Waals surface area contributed by atoms with Crippen molar-refractivity contribution in [1.29, 1.82) is 0 Å². The summed E-state index contributed by atoms with van der Waals surface area (Å²) in [5, 5.41) is 11.6. The summed E-state index contributed by atoms with van der Waals surface area (Å²) >= 11 is 0. The Morgan fingerprint density at radius 3 is 2.17 bits per heavy atom. The summed E-state index contributed by atoms with van der Waals surface area (Å²) in [4.78, 5) is 0. The van der Waals surface area contributed by atoms with Gasteiger partial charge in [-0.3, -0.25) is 0 Å². The summed E-state index contributed by atoms with van der Waals surface area (Å²) in [6.45, 7) is 0. The van der Waals surface area contributed by atoms with Crippen LogP contribution in [0.1, 0.15) is 36.0 Å². The molecule has 0 saturated heterocycles. The lowest BCUT2D eigenvalue weighted by molar-refractivity contribution is -0.137. The largest absolute Gasteiger partial charge is 0.416 e. The maximum absolute atomic E-state index is 13.1. The number of rotatable bonds is 3. The second-order valence-electron chi connectivity index (χ2n) is 6.18. The minimum absolute atomic E-state index is 0.253. The van der Waals surface area contributed by atoms with Crippen molar-refractivity contribution in [2.45, 2.75) is 31.0 Å². The predicted molar refractivity (Wildman–Crippen MR) is 87.4 cm³/mol. The molecule has 0 radical (unpaired) electrons. The number of benzene rings is 2. The summed E-state index contributed by atoms with van der Waals surface area (Å²) in [6, 6.07) is 14.0. The molecule has 0 spiro atoms. The second kappa shape index (κ2) is 6.44. The van der Waals surface area contributed by atoms with Gasteiger partial charge in [0.1, 0.15) is 5.60 Å². The van der Waals surface area contributed by atoms with Gasteiger partial charge in [0.2, 0.25) is 0 Å². The van der Waals surface area contributed by atoms with Crippen LogP contribution in [-0.4, -0.2) is 5.11 Å². The highest BCUT2D eigenvalue weighted by Crippen LogP contribution is 2.43. The molecule has 0 bridgehead atoms. The Morgan fingerprint density at radius 2 is 1.54 bits per heavy atom. The van der Waals surface area contributed by atoms with Crippen LogP contribution < -0.4 is 0 Å². The van der Waals surface area contributed by atoms with Crippen LogP contribution in [0.25, 0.3) is 0 Å². The van der Waals surface area contributed by atoms with E-state index < -0.39 is 17.3 Å². The topological polar surface area (TPSA) is 20.2 Å². The van der Waals surface area contributed by atoms with Crippen LogP contribution in [0.3, 0.4) is 0 Å². The quantitative estimate of drug-likeness (QED) is 0.757. The third-order valence-electron chi connectivity index (χ3n) is 4.63. The van der Waals surface area contributed by atoms with Gasteiger partial charge in [0.15, 0.2) is 0 Å². The number of hydrogen-bond acceptors (Lipinski definition) is 1. The van der Waals surface area contributed by atoms with Crippen molar-refractivity contribution < 1.29 is 18.3 Å². The first kappa shape index (κ1) is 16.8. The van der Waals surface area contributed by atoms with Crippen molar-refractivity contribution in [2.75, 3.05) is 0 Å². The third-order valence-corrected chi connectivity index (χ3v) is 4.63. The zero-order chi connectivity index (χ0) is 17.2. The Bertz CT molecular complexity index is 721. The van der Waals surface area contributed by atoms with Crippen LogP contribution in [0.4, 0.5) is 13.2 Å². The van der Waals surface area contributed by atoms with E-state index in [1.165, 1.54) is 6.07 Å². The van der Waals surface area contributed by atoms with Gasteiger partial charge < -0.3 is 5.11 Å². The van der Waals surface area contributed by atoms with Crippen LogP contribution in [0.15, 0.2) is 66.7 Å². The monoisotopic (exact) mass is 332 g/mol. The molecular formula is C20H19F3O. The van der Waals surface area contributed by atoms with E-state index in [-0.39, 0.29) is 11.5 Å². The van der Waals surface area contributed by atoms with Gasteiger partial charge in [-0.1, -0.05) is 54.6 Å². The molecule has 3 rings (SSSR count). The molecule has 1 nitrogen and oxygen atoms in total. The van der Waals surface area contributed by atoms with Crippen LogP contribution >= 0.6 is 0 Å². The Hall–Kier alpha value is -2.07. The molecule has 126 valence electrons. The maximum Gasteiger partial charge on any atom is 0.416 e. The molecule has 0 saturated carbocycles. The molecule has 2 atom stereocenters. The van der Waals surface area contributed by atoms with Gasteiger partial charge in [-0.25, -0.2) is 0 Å². The van der Waals surface area contributed by atoms with Crippen molar-refractivity contribution in [3.05, 3.63) is 83.4 Å². The molecule has 24 heavy (non-hydrogen) atoms. The molecule has 4 heteroatoms. The summed E-state index contributed by atoms with van der Waals surface area (Å²) in [5.74, 6) is -0.253. The van der Waals surface area contributed by atoms with Gasteiger partial charge in [0, 0.05) is 5.92 Å². The fraction of sp³-hybridized carbons (Fsp3) is 0.300. The molecule has 1 aliphatic carbocycles. The van der Waals surface area contributed by atoms with Crippen molar-refractivity contribution in [1.82, 2.24) is 0 Å². The third kappa shape index (κ3) is 3.11. The number of aliphatic hydroxyl groups is 1. The fourth-order valence-corrected chi connectivity index (χ4v) is 3.38. The average Bonchev–Trinajstić information content (AvgIpc) is 2.62. The summed E-state index contributed by atoms with van der Waals surface area (Å²) in [5.41, 5.74) is -1.32. The SMILES string of the molecule is OC(c1ccccc1)(c1cccc(C(F)(F)F)c1)C1C=CCCC1. The zero-order valence-corrected chi connectivity index (χ0v) is 13.1. The molecule has 1 N–H and O–H groups in total. The molecule has 0 heterocycles. The van der Waals surface area contributed by atoms with Crippen LogP contribution in [-0.2, 0) is 11.8 Å². The Balaban J connectivity index is 2.15. The lowest BCUT2D eigenvalue weighted by Gasteiger charge is -2.37. The molecule has 2 unspecified atom stereocenters. The lowest BCUT2D eigenvalue weighted by Crippen LogP contribution is -2.36. The Labute approximate surface area is 139 Å². The molecule has 1 aliphatic rings. The average molecular weight is 332 g/mol. The molecule has 0 amide bonds. The van der Waals surface area contributed by atoms with Gasteiger partial charge >= 0.3 is 6.18 Å². The van der Waals surface area contributed by atoms with E-state index in [4.69, 9.17) is 0 Å². The summed E-state index contributed by atoms with van der Waals surface area (Å²) < 4.78 is 39.3.